The lowest BCUT2D eigenvalue weighted by Gasteiger charge is -2.45. The molecule has 0 saturated carbocycles. The van der Waals surface area contributed by atoms with Crippen molar-refractivity contribution >= 4 is 181 Å². The average Bonchev–Trinajstić information content (AvgIpc) is 1.42. The lowest BCUT2D eigenvalue weighted by atomic mass is 9.33. The predicted molar refractivity (Wildman–Crippen MR) is 429 cm³/mol. The molecular weight excluding hydrogens is 1270 g/mol. The Bertz CT molecular complexity index is 6040. The summed E-state index contributed by atoms with van der Waals surface area (Å²) in [5.74, 6) is 0. The first-order valence-electron chi connectivity index (χ1n) is 34.9. The van der Waals surface area contributed by atoms with Crippen molar-refractivity contribution in [3.05, 3.63) is 369 Å². The second kappa shape index (κ2) is 22.1. The van der Waals surface area contributed by atoms with Gasteiger partial charge in [-0.15, -0.1) is 0 Å². The first kappa shape index (κ1) is 57.8. The van der Waals surface area contributed by atoms with Gasteiger partial charge in [0.15, 0.2) is 16.1 Å². The minimum atomic E-state index is -2.99. The van der Waals surface area contributed by atoms with Gasteiger partial charge in [0.1, 0.15) is 6.07 Å². The first-order valence-corrected chi connectivity index (χ1v) is 38.9. The van der Waals surface area contributed by atoms with Crippen molar-refractivity contribution in [3.8, 4) is 17.4 Å². The van der Waals surface area contributed by atoms with Gasteiger partial charge in [-0.1, -0.05) is 267 Å². The van der Waals surface area contributed by atoms with Crippen LogP contribution in [0.25, 0.3) is 59.8 Å². The third kappa shape index (κ3) is 7.66. The van der Waals surface area contributed by atoms with E-state index in [1.807, 2.05) is 6.07 Å². The number of hydrogen-bond donors (Lipinski definition) is 0. The predicted octanol–water partition coefficient (Wildman–Crippen LogP) is 15.2. The largest absolute Gasteiger partial charge is 0.320 e. The molecule has 0 aliphatic carbocycles. The maximum Gasteiger partial charge on any atom is 0.250 e. The van der Waals surface area contributed by atoms with Crippen LogP contribution in [0.3, 0.4) is 0 Å². The highest BCUT2D eigenvalue weighted by Gasteiger charge is 2.52. The molecule has 2 aromatic heterocycles. The number of rotatable bonds is 8. The molecule has 0 radical (unpaired) electrons. The Kier molecular flexibility index (Phi) is 12.5. The smallest absolute Gasteiger partial charge is 0.250 e. The fourth-order valence-electron chi connectivity index (χ4n) is 18.7. The van der Waals surface area contributed by atoms with E-state index in [0.717, 1.165) is 117 Å². The van der Waals surface area contributed by atoms with Gasteiger partial charge in [0.05, 0.1) is 45.7 Å². The standard InChI is InChI=1S/C92H58BN7Si2/c1-95-88-91(72(60-94)90-87-92(88)100-75-44-19-17-40-68(75)69-41-29-43-74(89(69)100)93(87)73-42-18-20-45-78(73)98(90)61-30-7-2-8-31-61)99-76-56-54-62(96-79-46-21-25-50-83(79)101(64-32-9-3-10-33-64,65-34-11-4-12-35-65)84-51-26-22-47-80(84)96)58-70(76)71-59-63(55-57-77(71)99)97-81-48-23-27-52-85(81)102(66-36-13-5-14-37-66,67-38-15-6-16-39-67)86-53-28-24-49-82(86)97/h2-59H. The Labute approximate surface area is 592 Å². The molecule has 0 spiro atoms. The van der Waals surface area contributed by atoms with E-state index in [9.17, 15) is 11.8 Å². The minimum absolute atomic E-state index is 0.307. The number of aromatic nitrogens is 2. The number of nitrogens with zero attached hydrogens (tertiary/aromatic N) is 7. The molecule has 0 unspecified atom stereocenters. The van der Waals surface area contributed by atoms with E-state index < -0.39 is 16.1 Å². The van der Waals surface area contributed by atoms with E-state index in [2.05, 4.69) is 376 Å². The fraction of sp³-hybridized carbons (Fsp3) is 0. The van der Waals surface area contributed by atoms with Gasteiger partial charge in [-0.05, 0) is 143 Å². The molecule has 0 saturated heterocycles. The van der Waals surface area contributed by atoms with Gasteiger partial charge in [-0.3, -0.25) is 0 Å². The number of para-hydroxylation sites is 8. The molecule has 6 heterocycles. The Balaban J connectivity index is 0.888. The van der Waals surface area contributed by atoms with Crippen molar-refractivity contribution < 1.29 is 0 Å². The number of anilines is 9. The van der Waals surface area contributed by atoms with Gasteiger partial charge in [0, 0.05) is 72.6 Å². The molecule has 0 amide bonds. The normalized spacial score (nSPS) is 13.9. The van der Waals surface area contributed by atoms with E-state index in [4.69, 9.17) is 4.85 Å². The maximum absolute atomic E-state index is 12.7. The molecule has 17 aromatic rings. The maximum atomic E-state index is 12.7. The van der Waals surface area contributed by atoms with Crippen LogP contribution in [0.15, 0.2) is 352 Å². The van der Waals surface area contributed by atoms with Gasteiger partial charge < -0.3 is 23.8 Å². The molecule has 4 aliphatic rings. The third-order valence-corrected chi connectivity index (χ3v) is 32.1. The van der Waals surface area contributed by atoms with Crippen LogP contribution in [0.1, 0.15) is 5.56 Å². The molecular formula is C92H58BN7Si2. The third-order valence-electron chi connectivity index (χ3n) is 22.4. The summed E-state index contributed by atoms with van der Waals surface area (Å²) in [5.41, 5.74) is 18.3. The van der Waals surface area contributed by atoms with Crippen molar-refractivity contribution in [2.24, 2.45) is 0 Å². The zero-order valence-corrected chi connectivity index (χ0v) is 57.2. The topological polar surface area (TPSA) is 47.7 Å². The lowest BCUT2D eigenvalue weighted by Crippen LogP contribution is -2.77. The summed E-state index contributed by atoms with van der Waals surface area (Å²) in [6.07, 6.45) is 0. The molecule has 472 valence electrons. The molecule has 7 nitrogen and oxygen atoms in total. The van der Waals surface area contributed by atoms with E-state index in [-0.39, 0.29) is 6.71 Å². The average molecular weight is 1330 g/mol. The molecule has 0 N–H and O–H groups in total. The van der Waals surface area contributed by atoms with Crippen molar-refractivity contribution in [1.82, 2.24) is 9.13 Å². The highest BCUT2D eigenvalue weighted by molar-refractivity contribution is 7.22. The van der Waals surface area contributed by atoms with Gasteiger partial charge in [-0.2, -0.15) is 5.26 Å². The molecule has 10 heteroatoms. The second-order valence-electron chi connectivity index (χ2n) is 27.1. The van der Waals surface area contributed by atoms with Crippen LogP contribution in [-0.4, -0.2) is 32.0 Å². The Morgan fingerprint density at radius 1 is 0.314 bits per heavy atom. The van der Waals surface area contributed by atoms with Crippen LogP contribution in [0.5, 0.6) is 0 Å². The van der Waals surface area contributed by atoms with Crippen LogP contribution < -0.4 is 72.6 Å². The highest BCUT2D eigenvalue weighted by atomic mass is 28.3. The zero-order chi connectivity index (χ0) is 67.4. The summed E-state index contributed by atoms with van der Waals surface area (Å²) in [7, 11) is -5.97. The van der Waals surface area contributed by atoms with Gasteiger partial charge in [-0.25, -0.2) is 4.85 Å². The van der Waals surface area contributed by atoms with Crippen LogP contribution in [-0.2, 0) is 0 Å². The number of fused-ring (bicyclic) bond motifs is 14. The molecule has 21 rings (SSSR count). The Morgan fingerprint density at radius 3 is 1.18 bits per heavy atom. The first-order chi connectivity index (χ1) is 50.6. The number of nitriles is 1. The molecule has 4 aliphatic heterocycles. The monoisotopic (exact) mass is 1330 g/mol. The second-order valence-corrected chi connectivity index (χ2v) is 34.6. The summed E-state index contributed by atoms with van der Waals surface area (Å²) < 4.78 is 4.65. The van der Waals surface area contributed by atoms with Crippen molar-refractivity contribution in [1.29, 1.82) is 5.26 Å². The van der Waals surface area contributed by atoms with E-state index in [0.29, 0.717) is 16.9 Å². The fourth-order valence-corrected chi connectivity index (χ4v) is 28.9. The van der Waals surface area contributed by atoms with E-state index in [1.165, 1.54) is 41.5 Å². The number of benzene rings is 15. The summed E-state index contributed by atoms with van der Waals surface area (Å²) >= 11 is 0. The minimum Gasteiger partial charge on any atom is -0.320 e. The van der Waals surface area contributed by atoms with Gasteiger partial charge in [0.25, 0.3) is 6.71 Å². The Morgan fingerprint density at radius 2 is 0.706 bits per heavy atom. The van der Waals surface area contributed by atoms with Crippen LogP contribution in [0, 0.1) is 17.9 Å². The van der Waals surface area contributed by atoms with E-state index in [1.54, 1.807) is 0 Å². The lowest BCUT2D eigenvalue weighted by molar-refractivity contribution is 1.13. The van der Waals surface area contributed by atoms with E-state index >= 15 is 0 Å². The molecule has 0 atom stereocenters. The van der Waals surface area contributed by atoms with Crippen LogP contribution >= 0.6 is 0 Å². The number of hydrogen-bond acceptors (Lipinski definition) is 4. The quantitative estimate of drug-likeness (QED) is 0.112. The van der Waals surface area contributed by atoms with Crippen LogP contribution in [0.4, 0.5) is 56.9 Å². The molecule has 15 aromatic carbocycles. The highest BCUT2D eigenvalue weighted by Crippen LogP contribution is 2.52. The molecule has 0 fully saturated rings. The zero-order valence-electron chi connectivity index (χ0n) is 55.2. The Hall–Kier alpha value is -13.2. The van der Waals surface area contributed by atoms with Crippen LogP contribution in [0.2, 0.25) is 0 Å². The van der Waals surface area contributed by atoms with Crippen molar-refractivity contribution in [3.63, 3.8) is 0 Å². The SMILES string of the molecule is [C-]#[N+]c1c(-n2c3ccc(N4c5ccccc5[Si](c5ccccc5)(c5ccccc5)c5ccccc54)cc3c3cc(N4c5ccccc5[Si](c5ccccc5)(c5ccccc5)c5ccccc54)ccc32)c(C#N)c2c3c1-n1c4ccccc4c4cccc(c41)B3c1ccccc1N2c1ccccc1. The van der Waals surface area contributed by atoms with Gasteiger partial charge in [0.2, 0.25) is 5.69 Å². The summed E-state index contributed by atoms with van der Waals surface area (Å²) in [5, 5.41) is 27.4. The summed E-state index contributed by atoms with van der Waals surface area (Å²) in [6.45, 7) is 9.61. The summed E-state index contributed by atoms with van der Waals surface area (Å²) in [4.78, 5) is 12.1. The molecule has 0 bridgehead atoms. The summed E-state index contributed by atoms with van der Waals surface area (Å²) in [6, 6.07) is 132. The van der Waals surface area contributed by atoms with Gasteiger partial charge >= 0.3 is 0 Å². The van der Waals surface area contributed by atoms with Crippen molar-refractivity contribution in [2.45, 2.75) is 0 Å². The molecule has 102 heavy (non-hydrogen) atoms. The van der Waals surface area contributed by atoms with Crippen molar-refractivity contribution in [2.75, 3.05) is 14.7 Å².